The summed E-state index contributed by atoms with van der Waals surface area (Å²) in [5, 5.41) is 12.0. The number of carbonyl (C=O) groups is 2. The van der Waals surface area contributed by atoms with Crippen molar-refractivity contribution in [1.82, 2.24) is 5.32 Å². The number of fused-ring (bicyclic) bond motifs is 4. The maximum absolute atomic E-state index is 12.7. The van der Waals surface area contributed by atoms with E-state index in [-0.39, 0.29) is 17.6 Å². The monoisotopic (exact) mass is 324 g/mol. The van der Waals surface area contributed by atoms with Crippen molar-refractivity contribution in [2.75, 3.05) is 4.90 Å². The number of aromatic carboxylic acids is 1. The van der Waals surface area contributed by atoms with Crippen LogP contribution in [0.25, 0.3) is 0 Å². The number of nitrogens with one attached hydrogen (secondary N) is 1. The van der Waals surface area contributed by atoms with Gasteiger partial charge in [-0.3, -0.25) is 4.90 Å². The molecule has 2 atom stereocenters. The Morgan fingerprint density at radius 1 is 1.25 bits per heavy atom. The second-order valence-corrected chi connectivity index (χ2v) is 6.21. The minimum atomic E-state index is -1.00. The molecular formula is C18H16N2O4. The molecule has 2 aliphatic heterocycles. The number of para-hydroxylation sites is 1. The fraction of sp³-hybridized carbons (Fsp3) is 0.222. The van der Waals surface area contributed by atoms with E-state index in [1.165, 1.54) is 12.1 Å². The van der Waals surface area contributed by atoms with E-state index in [9.17, 15) is 9.59 Å². The fourth-order valence-electron chi connectivity index (χ4n) is 3.47. The van der Waals surface area contributed by atoms with Gasteiger partial charge < -0.3 is 15.2 Å². The third-order valence-corrected chi connectivity index (χ3v) is 4.55. The predicted octanol–water partition coefficient (Wildman–Crippen LogP) is 3.15. The number of benzene rings is 2. The second-order valence-electron chi connectivity index (χ2n) is 6.21. The number of hydrogen-bond donors (Lipinski definition) is 2. The van der Waals surface area contributed by atoms with Crippen LogP contribution in [0.15, 0.2) is 48.5 Å². The quantitative estimate of drug-likeness (QED) is 0.889. The van der Waals surface area contributed by atoms with E-state index in [2.05, 4.69) is 5.32 Å². The molecule has 0 aromatic heterocycles. The molecule has 4 rings (SSSR count). The Kier molecular flexibility index (Phi) is 3.03. The van der Waals surface area contributed by atoms with Crippen LogP contribution in [0, 0.1) is 0 Å². The first-order valence-corrected chi connectivity index (χ1v) is 7.70. The number of nitrogens with zero attached hydrogens (tertiary/aromatic N) is 1. The van der Waals surface area contributed by atoms with Gasteiger partial charge in [-0.05, 0) is 37.3 Å². The summed E-state index contributed by atoms with van der Waals surface area (Å²) in [6, 6.07) is 13.5. The number of hydrogen-bond acceptors (Lipinski definition) is 3. The summed E-state index contributed by atoms with van der Waals surface area (Å²) < 4.78 is 6.15. The Bertz CT molecular complexity index is 833. The Labute approximate surface area is 138 Å². The SMILES string of the molecule is C[C@]12C[C@@H](NC(=O)N1c1ccc(C(=O)O)cc1)c1ccccc1O2. The Morgan fingerprint density at radius 2 is 1.96 bits per heavy atom. The number of ether oxygens (including phenoxy) is 1. The smallest absolute Gasteiger partial charge is 0.335 e. The molecule has 122 valence electrons. The van der Waals surface area contributed by atoms with Crippen LogP contribution in [0.1, 0.15) is 35.3 Å². The number of urea groups is 1. The normalized spacial score (nSPS) is 24.6. The van der Waals surface area contributed by atoms with E-state index >= 15 is 0 Å². The molecule has 2 aromatic carbocycles. The molecule has 0 spiro atoms. The van der Waals surface area contributed by atoms with Gasteiger partial charge in [0.25, 0.3) is 0 Å². The fourth-order valence-corrected chi connectivity index (χ4v) is 3.47. The van der Waals surface area contributed by atoms with Gasteiger partial charge in [0.2, 0.25) is 0 Å². The maximum Gasteiger partial charge on any atom is 0.335 e. The lowest BCUT2D eigenvalue weighted by Gasteiger charge is -2.50. The summed E-state index contributed by atoms with van der Waals surface area (Å²) in [6.07, 6.45) is 0.608. The molecule has 1 fully saturated rings. The summed E-state index contributed by atoms with van der Waals surface area (Å²) in [5.41, 5.74) is 0.919. The summed E-state index contributed by atoms with van der Waals surface area (Å²) in [7, 11) is 0. The topological polar surface area (TPSA) is 78.9 Å². The largest absolute Gasteiger partial charge is 0.478 e. The first-order valence-electron chi connectivity index (χ1n) is 7.70. The zero-order valence-electron chi connectivity index (χ0n) is 13.0. The lowest BCUT2D eigenvalue weighted by molar-refractivity contribution is 0.0379. The third kappa shape index (κ3) is 2.11. The highest BCUT2D eigenvalue weighted by molar-refractivity contribution is 5.95. The molecule has 2 aromatic rings. The van der Waals surface area contributed by atoms with Crippen LogP contribution in [-0.2, 0) is 0 Å². The van der Waals surface area contributed by atoms with E-state index in [1.54, 1.807) is 17.0 Å². The standard InChI is InChI=1S/C18H16N2O4/c1-18-10-14(13-4-2-3-5-15(13)24-18)19-17(23)20(18)12-8-6-11(7-9-12)16(21)22/h2-9,14H,10H2,1H3,(H,19,23)(H,21,22)/t14-,18+/m1/s1. The van der Waals surface area contributed by atoms with Crippen molar-refractivity contribution in [3.05, 3.63) is 59.7 Å². The van der Waals surface area contributed by atoms with Crippen molar-refractivity contribution in [2.24, 2.45) is 0 Å². The summed E-state index contributed by atoms with van der Waals surface area (Å²) >= 11 is 0. The second kappa shape index (κ2) is 4.99. The lowest BCUT2D eigenvalue weighted by atomic mass is 9.90. The van der Waals surface area contributed by atoms with Crippen molar-refractivity contribution in [1.29, 1.82) is 0 Å². The van der Waals surface area contributed by atoms with Gasteiger partial charge in [-0.15, -0.1) is 0 Å². The Morgan fingerprint density at radius 3 is 2.67 bits per heavy atom. The zero-order chi connectivity index (χ0) is 16.9. The molecule has 2 bridgehead atoms. The molecule has 0 saturated carbocycles. The van der Waals surface area contributed by atoms with Gasteiger partial charge in [0.05, 0.1) is 11.6 Å². The van der Waals surface area contributed by atoms with Crippen LogP contribution in [0.5, 0.6) is 5.75 Å². The van der Waals surface area contributed by atoms with Crippen LogP contribution in [0.2, 0.25) is 0 Å². The van der Waals surface area contributed by atoms with Crippen molar-refractivity contribution >= 4 is 17.7 Å². The van der Waals surface area contributed by atoms with Crippen molar-refractivity contribution in [2.45, 2.75) is 25.1 Å². The van der Waals surface area contributed by atoms with Gasteiger partial charge >= 0.3 is 12.0 Å². The minimum absolute atomic E-state index is 0.0954. The van der Waals surface area contributed by atoms with Crippen molar-refractivity contribution < 1.29 is 19.4 Å². The molecule has 6 heteroatoms. The molecule has 1 saturated heterocycles. The van der Waals surface area contributed by atoms with E-state index in [4.69, 9.17) is 9.84 Å². The highest BCUT2D eigenvalue weighted by atomic mass is 16.5. The summed E-state index contributed by atoms with van der Waals surface area (Å²) in [5.74, 6) is -0.248. The predicted molar refractivity (Wildman–Crippen MR) is 87.2 cm³/mol. The highest BCUT2D eigenvalue weighted by Crippen LogP contribution is 2.45. The lowest BCUT2D eigenvalue weighted by Crippen LogP contribution is -2.65. The molecule has 2 heterocycles. The number of anilines is 1. The molecule has 2 aliphatic rings. The van der Waals surface area contributed by atoms with Crippen molar-refractivity contribution in [3.63, 3.8) is 0 Å². The molecule has 2 amide bonds. The maximum atomic E-state index is 12.7. The van der Waals surface area contributed by atoms with Gasteiger partial charge in [0.15, 0.2) is 5.72 Å². The zero-order valence-corrected chi connectivity index (χ0v) is 13.0. The molecule has 6 nitrogen and oxygen atoms in total. The average molecular weight is 324 g/mol. The van der Waals surface area contributed by atoms with Gasteiger partial charge in [-0.1, -0.05) is 18.2 Å². The van der Waals surface area contributed by atoms with Crippen LogP contribution in [0.4, 0.5) is 10.5 Å². The molecule has 2 N–H and O–H groups in total. The Hall–Kier alpha value is -3.02. The first kappa shape index (κ1) is 14.6. The number of carbonyl (C=O) groups excluding carboxylic acids is 1. The van der Waals surface area contributed by atoms with Crippen molar-refractivity contribution in [3.8, 4) is 5.75 Å². The summed E-state index contributed by atoms with van der Waals surface area (Å²) in [4.78, 5) is 25.2. The van der Waals surface area contributed by atoms with Crippen LogP contribution < -0.4 is 15.0 Å². The molecule has 0 radical (unpaired) electrons. The number of carboxylic acids is 1. The van der Waals surface area contributed by atoms with E-state index in [1.807, 2.05) is 31.2 Å². The van der Waals surface area contributed by atoms with E-state index in [0.29, 0.717) is 12.1 Å². The van der Waals surface area contributed by atoms with Gasteiger partial charge in [-0.25, -0.2) is 9.59 Å². The van der Waals surface area contributed by atoms with Crippen LogP contribution >= 0.6 is 0 Å². The van der Waals surface area contributed by atoms with Gasteiger partial charge in [0, 0.05) is 17.7 Å². The number of amides is 2. The molecular weight excluding hydrogens is 308 g/mol. The first-order chi connectivity index (χ1) is 11.5. The molecule has 24 heavy (non-hydrogen) atoms. The molecule has 0 unspecified atom stereocenters. The number of rotatable bonds is 2. The van der Waals surface area contributed by atoms with Gasteiger partial charge in [0.1, 0.15) is 5.75 Å². The minimum Gasteiger partial charge on any atom is -0.478 e. The van der Waals surface area contributed by atoms with Gasteiger partial charge in [-0.2, -0.15) is 0 Å². The Balaban J connectivity index is 1.75. The highest BCUT2D eigenvalue weighted by Gasteiger charge is 2.49. The van der Waals surface area contributed by atoms with E-state index in [0.717, 1.165) is 11.3 Å². The molecule has 0 aliphatic carbocycles. The van der Waals surface area contributed by atoms with Crippen LogP contribution in [-0.4, -0.2) is 22.8 Å². The third-order valence-electron chi connectivity index (χ3n) is 4.55. The number of carboxylic acid groups (broad SMARTS) is 1. The van der Waals surface area contributed by atoms with E-state index < -0.39 is 11.7 Å². The summed E-state index contributed by atoms with van der Waals surface area (Å²) in [6.45, 7) is 1.87. The average Bonchev–Trinajstić information content (AvgIpc) is 2.54. The van der Waals surface area contributed by atoms with Crippen LogP contribution in [0.3, 0.4) is 0 Å².